The molecule has 0 aromatic heterocycles. The summed E-state index contributed by atoms with van der Waals surface area (Å²) in [5, 5.41) is 22.3. The molecule has 0 aliphatic carbocycles. The first-order valence-electron chi connectivity index (χ1n) is 15.9. The summed E-state index contributed by atoms with van der Waals surface area (Å²) in [4.78, 5) is 27.6. The van der Waals surface area contributed by atoms with Gasteiger partial charge in [0.05, 0.1) is 48.4 Å². The predicted molar refractivity (Wildman–Crippen MR) is 187 cm³/mol. The lowest BCUT2D eigenvalue weighted by atomic mass is 9.62. The van der Waals surface area contributed by atoms with Crippen molar-refractivity contribution in [2.45, 2.75) is 37.5 Å². The molecule has 2 aliphatic rings. The second kappa shape index (κ2) is 14.4. The minimum atomic E-state index is -3.83. The largest absolute Gasteiger partial charge is 0.465 e. The summed E-state index contributed by atoms with van der Waals surface area (Å²) in [6.07, 6.45) is 0. The number of hydrogen-bond acceptors (Lipinski definition) is 10. The van der Waals surface area contributed by atoms with Crippen molar-refractivity contribution in [3.05, 3.63) is 105 Å². The quantitative estimate of drug-likeness (QED) is 0.259. The van der Waals surface area contributed by atoms with Gasteiger partial charge in [0, 0.05) is 33.7 Å². The third kappa shape index (κ3) is 6.74. The fraction of sp³-hybridized carbons (Fsp3) is 0.389. The van der Waals surface area contributed by atoms with E-state index in [2.05, 4.69) is 12.1 Å². The van der Waals surface area contributed by atoms with Gasteiger partial charge in [0.15, 0.2) is 30.5 Å². The highest BCUT2D eigenvalue weighted by atomic mass is 35.5. The van der Waals surface area contributed by atoms with Crippen molar-refractivity contribution >= 4 is 54.8 Å². The number of carbonyl (C=O) groups excluding carboxylic acids is 2. The number of carbonyl (C=O) groups is 2. The Bertz CT molecular complexity index is 1930. The minimum Gasteiger partial charge on any atom is -0.465 e. The topological polar surface area (TPSA) is 168 Å². The van der Waals surface area contributed by atoms with E-state index in [1.54, 1.807) is 62.4 Å². The highest BCUT2D eigenvalue weighted by Gasteiger charge is 2.61. The first-order chi connectivity index (χ1) is 23.7. The monoisotopic (exact) mass is 756 g/mol. The summed E-state index contributed by atoms with van der Waals surface area (Å²) in [5.41, 5.74) is -2.49. The van der Waals surface area contributed by atoms with Crippen LogP contribution in [0.15, 0.2) is 72.8 Å². The number of nitriles is 2. The Kier molecular flexibility index (Phi) is 10.7. The molecule has 0 saturated carbocycles. The molecule has 2 fully saturated rings. The summed E-state index contributed by atoms with van der Waals surface area (Å²) in [5.74, 6) is -8.38. The van der Waals surface area contributed by atoms with Gasteiger partial charge in [-0.2, -0.15) is 10.5 Å². The minimum absolute atomic E-state index is 0.0525. The SMILES string of the molecule is CCOC(=O)C1(C#N)C(c2ccc(Cl)cc2)CS(=O)(=O)CC1c1ccc(C2CS(=O)(=O)CC(c3ccc(Cl)cc3)C2(C#N)C(=O)OCC)cc1. The van der Waals surface area contributed by atoms with Crippen molar-refractivity contribution in [1.29, 1.82) is 10.5 Å². The lowest BCUT2D eigenvalue weighted by Crippen LogP contribution is -2.52. The number of sulfone groups is 2. The molecule has 6 atom stereocenters. The average Bonchev–Trinajstić information content (AvgIpc) is 3.08. The number of hydrogen-bond donors (Lipinski definition) is 0. The lowest BCUT2D eigenvalue weighted by Gasteiger charge is -2.44. The van der Waals surface area contributed by atoms with Gasteiger partial charge < -0.3 is 9.47 Å². The summed E-state index contributed by atoms with van der Waals surface area (Å²) in [7, 11) is -7.66. The van der Waals surface area contributed by atoms with Crippen LogP contribution in [0.3, 0.4) is 0 Å². The van der Waals surface area contributed by atoms with E-state index in [-0.39, 0.29) is 13.2 Å². The molecule has 5 rings (SSSR count). The highest BCUT2D eigenvalue weighted by molar-refractivity contribution is 7.91. The van der Waals surface area contributed by atoms with E-state index in [1.165, 1.54) is 24.3 Å². The van der Waals surface area contributed by atoms with Crippen molar-refractivity contribution in [3.63, 3.8) is 0 Å². The maximum absolute atomic E-state index is 13.8. The van der Waals surface area contributed by atoms with Crippen molar-refractivity contribution in [2.24, 2.45) is 10.8 Å². The average molecular weight is 758 g/mol. The van der Waals surface area contributed by atoms with Crippen molar-refractivity contribution in [3.8, 4) is 12.1 Å². The van der Waals surface area contributed by atoms with Gasteiger partial charge in [0.1, 0.15) is 0 Å². The standard InChI is InChI=1S/C36H34Cl2N2O8S2/c1-3-47-33(41)35(21-39)29(17-49(43,44)19-31(35)25-9-13-27(37)14-10-25)23-5-7-24(8-6-23)30-18-50(45,46)20-32(26-11-15-28(38)16-12-26)36(30,22-40)34(42)48-4-2/h5-16,29-32H,3-4,17-20H2,1-2H3. The number of esters is 2. The maximum atomic E-state index is 13.8. The summed E-state index contributed by atoms with van der Waals surface area (Å²) in [6.45, 7) is 3.07. The van der Waals surface area contributed by atoms with E-state index in [9.17, 15) is 36.9 Å². The maximum Gasteiger partial charge on any atom is 0.327 e. The van der Waals surface area contributed by atoms with Crippen LogP contribution in [0, 0.1) is 33.5 Å². The van der Waals surface area contributed by atoms with Gasteiger partial charge in [0.2, 0.25) is 0 Å². The van der Waals surface area contributed by atoms with Crippen LogP contribution >= 0.6 is 23.2 Å². The molecule has 2 heterocycles. The summed E-state index contributed by atoms with van der Waals surface area (Å²) >= 11 is 12.2. The van der Waals surface area contributed by atoms with Crippen LogP contribution in [0.25, 0.3) is 0 Å². The molecular formula is C36H34Cl2N2O8S2. The van der Waals surface area contributed by atoms with Gasteiger partial charge in [-0.05, 0) is 60.4 Å². The Labute approximate surface area is 301 Å². The van der Waals surface area contributed by atoms with Crippen molar-refractivity contribution < 1.29 is 35.9 Å². The van der Waals surface area contributed by atoms with E-state index in [0.717, 1.165) is 0 Å². The molecule has 0 N–H and O–H groups in total. The van der Waals surface area contributed by atoms with Crippen LogP contribution in [-0.4, -0.2) is 65.0 Å². The summed E-state index contributed by atoms with van der Waals surface area (Å²) < 4.78 is 64.7. The van der Waals surface area contributed by atoms with Crippen LogP contribution in [0.4, 0.5) is 0 Å². The molecule has 0 radical (unpaired) electrons. The number of rotatable bonds is 8. The fourth-order valence-corrected chi connectivity index (χ4v) is 11.8. The zero-order chi connectivity index (χ0) is 36.5. The molecule has 50 heavy (non-hydrogen) atoms. The zero-order valence-electron chi connectivity index (χ0n) is 27.2. The molecule has 14 heteroatoms. The molecule has 2 saturated heterocycles. The third-order valence-electron chi connectivity index (χ3n) is 9.76. The van der Waals surface area contributed by atoms with Gasteiger partial charge in [-0.15, -0.1) is 0 Å². The smallest absolute Gasteiger partial charge is 0.327 e. The van der Waals surface area contributed by atoms with Crippen LogP contribution < -0.4 is 0 Å². The number of ether oxygens (including phenoxy) is 2. The second-order valence-electron chi connectivity index (χ2n) is 12.5. The molecule has 6 unspecified atom stereocenters. The molecule has 0 spiro atoms. The zero-order valence-corrected chi connectivity index (χ0v) is 30.4. The lowest BCUT2D eigenvalue weighted by molar-refractivity contribution is -0.155. The molecule has 10 nitrogen and oxygen atoms in total. The van der Waals surface area contributed by atoms with E-state index < -0.39 is 89.1 Å². The molecule has 3 aromatic rings. The van der Waals surface area contributed by atoms with E-state index in [0.29, 0.717) is 32.3 Å². The number of benzene rings is 3. The van der Waals surface area contributed by atoms with Crippen molar-refractivity contribution in [1.82, 2.24) is 0 Å². The molecular weight excluding hydrogens is 723 g/mol. The van der Waals surface area contributed by atoms with Gasteiger partial charge in [0.25, 0.3) is 0 Å². The normalized spacial score (nSPS) is 28.4. The number of halogens is 2. The second-order valence-corrected chi connectivity index (χ2v) is 17.7. The fourth-order valence-electron chi connectivity index (χ4n) is 7.42. The van der Waals surface area contributed by atoms with Gasteiger partial charge in [-0.25, -0.2) is 16.8 Å². The molecule has 3 aromatic carbocycles. The Morgan fingerprint density at radius 1 is 0.600 bits per heavy atom. The van der Waals surface area contributed by atoms with Crippen molar-refractivity contribution in [2.75, 3.05) is 36.2 Å². The van der Waals surface area contributed by atoms with E-state index in [1.807, 2.05) is 0 Å². The molecule has 2 aliphatic heterocycles. The van der Waals surface area contributed by atoms with Gasteiger partial charge in [-0.3, -0.25) is 9.59 Å². The molecule has 0 amide bonds. The Balaban J connectivity index is 1.67. The molecule has 0 bridgehead atoms. The van der Waals surface area contributed by atoms with Gasteiger partial charge in [-0.1, -0.05) is 71.7 Å². The van der Waals surface area contributed by atoms with Crippen LogP contribution in [0.1, 0.15) is 59.8 Å². The Morgan fingerprint density at radius 3 is 1.06 bits per heavy atom. The predicted octanol–water partition coefficient (Wildman–Crippen LogP) is 5.73. The van der Waals surface area contributed by atoms with Gasteiger partial charge >= 0.3 is 11.9 Å². The third-order valence-corrected chi connectivity index (χ3v) is 13.6. The van der Waals surface area contributed by atoms with Crippen LogP contribution in [-0.2, 0) is 38.7 Å². The molecule has 262 valence electrons. The Morgan fingerprint density at radius 2 is 0.840 bits per heavy atom. The first-order valence-corrected chi connectivity index (χ1v) is 20.3. The van der Waals surface area contributed by atoms with Crippen LogP contribution in [0.2, 0.25) is 10.0 Å². The first kappa shape index (κ1) is 37.3. The van der Waals surface area contributed by atoms with Crippen LogP contribution in [0.5, 0.6) is 0 Å². The van der Waals surface area contributed by atoms with E-state index in [4.69, 9.17) is 32.7 Å². The highest BCUT2D eigenvalue weighted by Crippen LogP contribution is 2.55. The summed E-state index contributed by atoms with van der Waals surface area (Å²) in [6, 6.07) is 22.9. The van der Waals surface area contributed by atoms with E-state index >= 15 is 0 Å². The number of nitrogens with zero attached hydrogens (tertiary/aromatic N) is 2. The Hall–Kier alpha value is -3.94.